The lowest BCUT2D eigenvalue weighted by Crippen LogP contribution is -2.27. The first-order valence-electron chi connectivity index (χ1n) is 6.63. The van der Waals surface area contributed by atoms with E-state index in [-0.39, 0.29) is 11.3 Å². The predicted molar refractivity (Wildman–Crippen MR) is 82.0 cm³/mol. The summed E-state index contributed by atoms with van der Waals surface area (Å²) >= 11 is 1.52. The number of aryl methyl sites for hydroxylation is 2. The third kappa shape index (κ3) is 2.18. The van der Waals surface area contributed by atoms with Crippen LogP contribution in [0.4, 0.5) is 10.8 Å². The molecule has 0 unspecified atom stereocenters. The Morgan fingerprint density at radius 2 is 1.95 bits per heavy atom. The average Bonchev–Trinajstić information content (AvgIpc) is 3.15. The molecule has 1 amide bonds. The molecule has 0 aliphatic heterocycles. The van der Waals surface area contributed by atoms with Crippen molar-refractivity contribution < 1.29 is 4.79 Å². The second kappa shape index (κ2) is 4.59. The van der Waals surface area contributed by atoms with Gasteiger partial charge in [0.2, 0.25) is 5.91 Å². The van der Waals surface area contributed by atoms with Gasteiger partial charge in [-0.3, -0.25) is 4.79 Å². The highest BCUT2D eigenvalue weighted by molar-refractivity contribution is 7.15. The maximum absolute atomic E-state index is 12.5. The number of carbonyl (C=O) groups is 1. The number of hydrogen-bond acceptors (Lipinski definition) is 4. The fraction of sp³-hybridized carbons (Fsp3) is 0.333. The summed E-state index contributed by atoms with van der Waals surface area (Å²) in [6.45, 7) is 3.96. The van der Waals surface area contributed by atoms with E-state index >= 15 is 0 Å². The molecule has 1 fully saturated rings. The molecule has 1 heterocycles. The molecule has 1 saturated carbocycles. The monoisotopic (exact) mass is 287 g/mol. The number of thiazole rings is 1. The molecule has 2 aromatic rings. The summed E-state index contributed by atoms with van der Waals surface area (Å²) in [5.74, 6) is 0.0380. The van der Waals surface area contributed by atoms with Crippen molar-refractivity contribution in [1.82, 2.24) is 4.98 Å². The Labute approximate surface area is 122 Å². The quantitative estimate of drug-likeness (QED) is 0.853. The molecule has 1 aliphatic carbocycles. The lowest BCUT2D eigenvalue weighted by Gasteiger charge is -2.14. The Morgan fingerprint density at radius 1 is 1.30 bits per heavy atom. The molecule has 104 valence electrons. The molecule has 4 nitrogen and oxygen atoms in total. The number of nitrogens with zero attached hydrogens (tertiary/aromatic N) is 1. The summed E-state index contributed by atoms with van der Waals surface area (Å²) in [5.41, 5.74) is 8.04. The summed E-state index contributed by atoms with van der Waals surface area (Å²) < 4.78 is 0. The van der Waals surface area contributed by atoms with Crippen LogP contribution < -0.4 is 11.1 Å². The van der Waals surface area contributed by atoms with Crippen molar-refractivity contribution >= 4 is 28.1 Å². The number of amides is 1. The maximum atomic E-state index is 12.5. The highest BCUT2D eigenvalue weighted by Gasteiger charge is 2.51. The van der Waals surface area contributed by atoms with Crippen molar-refractivity contribution in [3.8, 4) is 0 Å². The molecular weight excluding hydrogens is 270 g/mol. The lowest BCUT2D eigenvalue weighted by molar-refractivity contribution is -0.118. The zero-order valence-corrected chi connectivity index (χ0v) is 12.4. The van der Waals surface area contributed by atoms with Crippen LogP contribution in [0.2, 0.25) is 0 Å². The molecule has 3 N–H and O–H groups in total. The second-order valence-electron chi connectivity index (χ2n) is 5.32. The van der Waals surface area contributed by atoms with Crippen molar-refractivity contribution in [2.75, 3.05) is 11.1 Å². The molecule has 1 aromatic heterocycles. The SMILES string of the molecule is Cc1nc(NC(=O)C2(c3ccc(N)cc3)CC2)sc1C. The van der Waals surface area contributed by atoms with Crippen molar-refractivity contribution in [2.24, 2.45) is 0 Å². The summed E-state index contributed by atoms with van der Waals surface area (Å²) in [5, 5.41) is 3.64. The van der Waals surface area contributed by atoms with Crippen LogP contribution in [0.1, 0.15) is 29.0 Å². The van der Waals surface area contributed by atoms with Crippen LogP contribution in [-0.2, 0) is 10.2 Å². The fourth-order valence-corrected chi connectivity index (χ4v) is 3.13. The van der Waals surface area contributed by atoms with E-state index < -0.39 is 0 Å². The smallest absolute Gasteiger partial charge is 0.236 e. The zero-order chi connectivity index (χ0) is 14.3. The molecule has 1 aliphatic rings. The number of aromatic nitrogens is 1. The normalized spacial score (nSPS) is 15.9. The average molecular weight is 287 g/mol. The molecule has 0 spiro atoms. The maximum Gasteiger partial charge on any atom is 0.236 e. The van der Waals surface area contributed by atoms with Crippen molar-refractivity contribution in [1.29, 1.82) is 0 Å². The molecule has 1 aromatic carbocycles. The molecule has 5 heteroatoms. The van der Waals surface area contributed by atoms with Gasteiger partial charge in [-0.25, -0.2) is 4.98 Å². The van der Waals surface area contributed by atoms with E-state index in [0.717, 1.165) is 34.7 Å². The second-order valence-corrected chi connectivity index (χ2v) is 6.52. The molecule has 0 saturated heterocycles. The van der Waals surface area contributed by atoms with Crippen molar-refractivity contribution in [3.63, 3.8) is 0 Å². The topological polar surface area (TPSA) is 68.0 Å². The number of rotatable bonds is 3. The van der Waals surface area contributed by atoms with Crippen LogP contribution in [0.25, 0.3) is 0 Å². The zero-order valence-electron chi connectivity index (χ0n) is 11.6. The Bertz CT molecular complexity index is 637. The van der Waals surface area contributed by atoms with Crippen LogP contribution in [0.5, 0.6) is 0 Å². The minimum atomic E-state index is -0.388. The number of nitrogen functional groups attached to an aromatic ring is 1. The summed E-state index contributed by atoms with van der Waals surface area (Å²) in [6, 6.07) is 7.58. The van der Waals surface area contributed by atoms with Gasteiger partial charge < -0.3 is 11.1 Å². The summed E-state index contributed by atoms with van der Waals surface area (Å²) in [6.07, 6.45) is 1.76. The first kappa shape index (κ1) is 13.1. The van der Waals surface area contributed by atoms with Gasteiger partial charge in [-0.15, -0.1) is 11.3 Å². The number of carbonyl (C=O) groups excluding carboxylic acids is 1. The van der Waals surface area contributed by atoms with Gasteiger partial charge in [0, 0.05) is 10.6 Å². The van der Waals surface area contributed by atoms with Crippen molar-refractivity contribution in [3.05, 3.63) is 40.4 Å². The van der Waals surface area contributed by atoms with Crippen LogP contribution in [0, 0.1) is 13.8 Å². The predicted octanol–water partition coefficient (Wildman–Crippen LogP) is 3.01. The van der Waals surface area contributed by atoms with E-state index in [9.17, 15) is 4.79 Å². The molecule has 0 atom stereocenters. The molecule has 3 rings (SSSR count). The van der Waals surface area contributed by atoms with E-state index in [1.807, 2.05) is 38.1 Å². The van der Waals surface area contributed by atoms with Gasteiger partial charge in [-0.1, -0.05) is 12.1 Å². The lowest BCUT2D eigenvalue weighted by atomic mass is 9.95. The highest BCUT2D eigenvalue weighted by Crippen LogP contribution is 2.49. The van der Waals surface area contributed by atoms with Crippen LogP contribution in [-0.4, -0.2) is 10.9 Å². The molecule has 20 heavy (non-hydrogen) atoms. The standard InChI is InChI=1S/C15H17N3OS/c1-9-10(2)20-14(17-9)18-13(19)15(7-8-15)11-3-5-12(16)6-4-11/h3-6H,7-8,16H2,1-2H3,(H,17,18,19). The largest absolute Gasteiger partial charge is 0.399 e. The Kier molecular flexibility index (Phi) is 3.01. The van der Waals surface area contributed by atoms with Crippen LogP contribution in [0.15, 0.2) is 24.3 Å². The number of nitrogens with one attached hydrogen (secondary N) is 1. The molecular formula is C15H17N3OS. The molecule has 0 radical (unpaired) electrons. The third-order valence-corrected chi connectivity index (χ3v) is 4.89. The fourth-order valence-electron chi connectivity index (χ4n) is 2.32. The first-order chi connectivity index (χ1) is 9.51. The van der Waals surface area contributed by atoms with Gasteiger partial charge in [-0.05, 0) is 44.4 Å². The molecule has 0 bridgehead atoms. The minimum Gasteiger partial charge on any atom is -0.399 e. The van der Waals surface area contributed by atoms with Gasteiger partial charge in [0.25, 0.3) is 0 Å². The van der Waals surface area contributed by atoms with Gasteiger partial charge in [0.1, 0.15) is 0 Å². The van der Waals surface area contributed by atoms with E-state index in [1.54, 1.807) is 0 Å². The number of hydrogen-bond donors (Lipinski definition) is 2. The van der Waals surface area contributed by atoms with Gasteiger partial charge in [0.15, 0.2) is 5.13 Å². The highest BCUT2D eigenvalue weighted by atomic mass is 32.1. The number of benzene rings is 1. The first-order valence-corrected chi connectivity index (χ1v) is 7.44. The third-order valence-electron chi connectivity index (χ3n) is 3.90. The van der Waals surface area contributed by atoms with E-state index in [0.29, 0.717) is 5.13 Å². The number of nitrogens with two attached hydrogens (primary N) is 1. The van der Waals surface area contributed by atoms with Gasteiger partial charge in [-0.2, -0.15) is 0 Å². The Balaban J connectivity index is 1.81. The number of anilines is 2. The minimum absolute atomic E-state index is 0.0380. The summed E-state index contributed by atoms with van der Waals surface area (Å²) in [4.78, 5) is 18.0. The van der Waals surface area contributed by atoms with Crippen LogP contribution >= 0.6 is 11.3 Å². The Hall–Kier alpha value is -1.88. The van der Waals surface area contributed by atoms with Crippen LogP contribution in [0.3, 0.4) is 0 Å². The Morgan fingerprint density at radius 3 is 2.45 bits per heavy atom. The van der Waals surface area contributed by atoms with E-state index in [2.05, 4.69) is 10.3 Å². The summed E-state index contributed by atoms with van der Waals surface area (Å²) in [7, 11) is 0. The van der Waals surface area contributed by atoms with E-state index in [4.69, 9.17) is 5.73 Å². The van der Waals surface area contributed by atoms with Gasteiger partial charge in [0.05, 0.1) is 11.1 Å². The van der Waals surface area contributed by atoms with Gasteiger partial charge >= 0.3 is 0 Å². The van der Waals surface area contributed by atoms with E-state index in [1.165, 1.54) is 11.3 Å². The van der Waals surface area contributed by atoms with Crippen molar-refractivity contribution in [2.45, 2.75) is 32.1 Å².